The molecule has 0 unspecified atom stereocenters. The van der Waals surface area contributed by atoms with E-state index in [0.717, 1.165) is 65.8 Å². The van der Waals surface area contributed by atoms with Gasteiger partial charge in [0.1, 0.15) is 23.4 Å². The van der Waals surface area contributed by atoms with Crippen molar-refractivity contribution in [2.45, 2.75) is 57.7 Å². The second-order valence-corrected chi connectivity index (χ2v) is 13.4. The van der Waals surface area contributed by atoms with Crippen molar-refractivity contribution < 1.29 is 19.4 Å². The summed E-state index contributed by atoms with van der Waals surface area (Å²) in [5.41, 5.74) is 4.30. The van der Waals surface area contributed by atoms with Crippen LogP contribution < -0.4 is 20.3 Å². The van der Waals surface area contributed by atoms with Crippen LogP contribution >= 0.6 is 0 Å². The number of hydrogen-bond acceptors (Lipinski definition) is 9. The lowest BCUT2D eigenvalue weighted by Crippen LogP contribution is -2.36. The van der Waals surface area contributed by atoms with Gasteiger partial charge in [0.05, 0.1) is 36.9 Å². The number of carboxylic acid groups (broad SMARTS) is 1. The molecule has 260 valence electrons. The van der Waals surface area contributed by atoms with Crippen molar-refractivity contribution >= 4 is 29.9 Å². The molecule has 49 heavy (non-hydrogen) atoms. The zero-order valence-corrected chi connectivity index (χ0v) is 29.0. The van der Waals surface area contributed by atoms with Crippen molar-refractivity contribution in [2.75, 3.05) is 45.0 Å². The van der Waals surface area contributed by atoms with Crippen LogP contribution in [0.1, 0.15) is 62.6 Å². The Bertz CT molecular complexity index is 1890. The Morgan fingerprint density at radius 2 is 1.80 bits per heavy atom. The van der Waals surface area contributed by atoms with Crippen LogP contribution in [0.15, 0.2) is 61.1 Å². The number of carbonyl (C=O) groups is 2. The van der Waals surface area contributed by atoms with E-state index in [4.69, 9.17) is 19.7 Å². The lowest BCUT2D eigenvalue weighted by atomic mass is 9.85. The molecule has 0 saturated carbocycles. The van der Waals surface area contributed by atoms with Gasteiger partial charge in [-0.3, -0.25) is 19.2 Å². The Labute approximate surface area is 285 Å². The number of carbonyl (C=O) groups excluding carboxylic acids is 1. The first kappa shape index (κ1) is 34.9. The lowest BCUT2D eigenvalue weighted by Gasteiger charge is -2.32. The van der Waals surface area contributed by atoms with E-state index < -0.39 is 0 Å². The Kier molecular flexibility index (Phi) is 10.5. The molecule has 0 bridgehead atoms. The van der Waals surface area contributed by atoms with Crippen molar-refractivity contribution in [1.82, 2.24) is 44.4 Å². The van der Waals surface area contributed by atoms with Gasteiger partial charge in [0.15, 0.2) is 5.65 Å². The molecule has 15 heteroatoms. The summed E-state index contributed by atoms with van der Waals surface area (Å²) < 4.78 is 12.1. The maximum absolute atomic E-state index is 13.5. The molecule has 5 aromatic rings. The van der Waals surface area contributed by atoms with Crippen molar-refractivity contribution in [1.29, 1.82) is 0 Å². The molecule has 2 amide bonds. The Morgan fingerprint density at radius 1 is 1.06 bits per heavy atom. The molecule has 0 aliphatic heterocycles. The molecular weight excluding hydrogens is 626 g/mol. The summed E-state index contributed by atoms with van der Waals surface area (Å²) in [6, 6.07) is 13.4. The number of anilines is 2. The van der Waals surface area contributed by atoms with Crippen molar-refractivity contribution in [3.63, 3.8) is 0 Å². The molecule has 0 fully saturated rings. The van der Waals surface area contributed by atoms with Gasteiger partial charge < -0.3 is 25.0 Å². The topological polar surface area (TPSA) is 160 Å². The lowest BCUT2D eigenvalue weighted by molar-refractivity contribution is -0.122. The van der Waals surface area contributed by atoms with E-state index in [1.54, 1.807) is 10.9 Å². The SMILES string of the molecule is CN(C)CCn1cc(-n2nc(C(C)(C)C)cc2NC(=O)N[C@H]2CC[C@@H](Oc3ccc4nnc(N(C)C)n4c3)c3ccccc32)cn1.O=CO. The third-order valence-electron chi connectivity index (χ3n) is 8.14. The highest BCUT2D eigenvalue weighted by Gasteiger charge is 2.30. The molecule has 0 saturated heterocycles. The molecule has 1 aliphatic carbocycles. The van der Waals surface area contributed by atoms with E-state index in [2.05, 4.69) is 63.7 Å². The number of fused-ring (bicyclic) bond motifs is 2. The maximum Gasteiger partial charge on any atom is 0.320 e. The van der Waals surface area contributed by atoms with E-state index in [1.807, 2.05) is 84.9 Å². The molecule has 0 spiro atoms. The molecule has 4 aromatic heterocycles. The van der Waals surface area contributed by atoms with Gasteiger partial charge in [-0.05, 0) is 50.2 Å². The largest absolute Gasteiger partial charge is 0.484 e. The Hall–Kier alpha value is -5.44. The first-order valence-corrected chi connectivity index (χ1v) is 16.1. The normalized spacial score (nSPS) is 15.7. The van der Waals surface area contributed by atoms with Crippen molar-refractivity contribution in [2.24, 2.45) is 0 Å². The second-order valence-electron chi connectivity index (χ2n) is 13.4. The number of nitrogens with one attached hydrogen (secondary N) is 2. The van der Waals surface area contributed by atoms with Gasteiger partial charge in [-0.25, -0.2) is 9.48 Å². The van der Waals surface area contributed by atoms with Crippen molar-refractivity contribution in [3.05, 3.63) is 77.9 Å². The first-order chi connectivity index (χ1) is 23.4. The molecule has 2 atom stereocenters. The number of likely N-dealkylation sites (N-methyl/N-ethyl adjacent to an activating group) is 1. The summed E-state index contributed by atoms with van der Waals surface area (Å²) in [7, 11) is 7.94. The van der Waals surface area contributed by atoms with E-state index in [-0.39, 0.29) is 30.1 Å². The minimum atomic E-state index is -0.296. The van der Waals surface area contributed by atoms with Crippen LogP contribution in [0, 0.1) is 0 Å². The summed E-state index contributed by atoms with van der Waals surface area (Å²) in [4.78, 5) is 25.9. The Balaban J connectivity index is 0.00000151. The summed E-state index contributed by atoms with van der Waals surface area (Å²) >= 11 is 0. The molecule has 4 heterocycles. The van der Waals surface area contributed by atoms with Crippen LogP contribution in [0.25, 0.3) is 11.3 Å². The molecule has 1 aliphatic rings. The van der Waals surface area contributed by atoms with Gasteiger partial charge in [-0.2, -0.15) is 10.2 Å². The molecule has 3 N–H and O–H groups in total. The van der Waals surface area contributed by atoms with Crippen LogP contribution in [0.3, 0.4) is 0 Å². The monoisotopic (exact) mass is 671 g/mol. The van der Waals surface area contributed by atoms with Gasteiger partial charge >= 0.3 is 6.03 Å². The number of rotatable bonds is 9. The molecular formula is C34H45N11O4. The van der Waals surface area contributed by atoms with Gasteiger partial charge in [-0.1, -0.05) is 45.0 Å². The number of benzene rings is 1. The average molecular weight is 672 g/mol. The van der Waals surface area contributed by atoms with Crippen LogP contribution in [0.4, 0.5) is 16.6 Å². The molecule has 15 nitrogen and oxygen atoms in total. The van der Waals surface area contributed by atoms with E-state index in [9.17, 15) is 4.79 Å². The number of nitrogens with zero attached hydrogens (tertiary/aromatic N) is 9. The van der Waals surface area contributed by atoms with Gasteiger partial charge in [0, 0.05) is 32.1 Å². The second kappa shape index (κ2) is 14.8. The third kappa shape index (κ3) is 8.17. The van der Waals surface area contributed by atoms with Gasteiger partial charge in [-0.15, -0.1) is 10.2 Å². The summed E-state index contributed by atoms with van der Waals surface area (Å²) in [5.74, 6) is 2.04. The summed E-state index contributed by atoms with van der Waals surface area (Å²) in [6.07, 6.45) is 6.95. The number of urea groups is 1. The predicted octanol–water partition coefficient (Wildman–Crippen LogP) is 4.51. The third-order valence-corrected chi connectivity index (χ3v) is 8.14. The first-order valence-electron chi connectivity index (χ1n) is 16.1. The van der Waals surface area contributed by atoms with Crippen molar-refractivity contribution in [3.8, 4) is 11.4 Å². The van der Waals surface area contributed by atoms with Crippen LogP contribution in [-0.2, 0) is 16.8 Å². The maximum atomic E-state index is 13.5. The zero-order chi connectivity index (χ0) is 35.3. The summed E-state index contributed by atoms with van der Waals surface area (Å²) in [6.45, 7) is 7.68. The number of aromatic nitrogens is 7. The quantitative estimate of drug-likeness (QED) is 0.190. The van der Waals surface area contributed by atoms with E-state index in [1.165, 1.54) is 0 Å². The smallest absolute Gasteiger partial charge is 0.320 e. The van der Waals surface area contributed by atoms with Crippen LogP contribution in [0.5, 0.6) is 5.75 Å². The van der Waals surface area contributed by atoms with Crippen LogP contribution in [-0.4, -0.2) is 91.4 Å². The van der Waals surface area contributed by atoms with Gasteiger partial charge in [0.2, 0.25) is 5.95 Å². The average Bonchev–Trinajstić information content (AvgIpc) is 3.80. The molecule has 0 radical (unpaired) electrons. The minimum absolute atomic E-state index is 0.158. The molecule has 1 aromatic carbocycles. The predicted molar refractivity (Wildman–Crippen MR) is 187 cm³/mol. The molecule has 6 rings (SSSR count). The minimum Gasteiger partial charge on any atom is -0.484 e. The fraction of sp³-hybridized carbons (Fsp3) is 0.412. The number of amides is 2. The fourth-order valence-electron chi connectivity index (χ4n) is 5.65. The standard InChI is InChI=1S/C33H43N11O2.CH2O2/c1-33(2,3)28-18-30(44(39-28)22-19-34-42(20-22)17-16-40(4)5)36-31(45)35-26-13-14-27(25-11-9-8-10-24(25)26)46-23-12-15-29-37-38-32(41(6)7)43(29)21-23;2-1-3/h8-12,15,18-21,26-27H,13-14,16-17H2,1-7H3,(H2,35,36,45);1H,(H,2,3)/t26-,27+;/m0./s1. The highest BCUT2D eigenvalue weighted by Crippen LogP contribution is 2.39. The summed E-state index contributed by atoms with van der Waals surface area (Å²) in [5, 5.41) is 31.1. The number of ether oxygens (including phenoxy) is 1. The Morgan fingerprint density at radius 3 is 2.49 bits per heavy atom. The van der Waals surface area contributed by atoms with E-state index in [0.29, 0.717) is 5.82 Å². The van der Waals surface area contributed by atoms with E-state index >= 15 is 0 Å². The highest BCUT2D eigenvalue weighted by atomic mass is 16.5. The fourth-order valence-corrected chi connectivity index (χ4v) is 5.65. The van der Waals surface area contributed by atoms with Crippen LogP contribution in [0.2, 0.25) is 0 Å². The number of hydrogen-bond donors (Lipinski definition) is 3. The number of pyridine rings is 1. The van der Waals surface area contributed by atoms with Gasteiger partial charge in [0.25, 0.3) is 6.47 Å². The zero-order valence-electron chi connectivity index (χ0n) is 29.0. The highest BCUT2D eigenvalue weighted by molar-refractivity contribution is 5.89.